The first kappa shape index (κ1) is 14.8. The van der Waals surface area contributed by atoms with Gasteiger partial charge in [0, 0.05) is 10.9 Å². The molecule has 1 aromatic carbocycles. The Morgan fingerprint density at radius 1 is 1.20 bits per heavy atom. The second-order valence-corrected chi connectivity index (χ2v) is 4.62. The van der Waals surface area contributed by atoms with Crippen LogP contribution in [0.25, 0.3) is 11.0 Å². The second kappa shape index (κ2) is 4.77. The molecule has 0 bridgehead atoms. The summed E-state index contributed by atoms with van der Waals surface area (Å²) in [4.78, 5) is 0. The van der Waals surface area contributed by atoms with Crippen LogP contribution in [0.3, 0.4) is 0 Å². The van der Waals surface area contributed by atoms with Gasteiger partial charge in [0.25, 0.3) is 0 Å². The van der Waals surface area contributed by atoms with Crippen molar-refractivity contribution in [3.8, 4) is 0 Å². The van der Waals surface area contributed by atoms with Gasteiger partial charge in [-0.1, -0.05) is 13.8 Å². The zero-order valence-electron chi connectivity index (χ0n) is 11.0. The van der Waals surface area contributed by atoms with Gasteiger partial charge in [-0.2, -0.15) is 13.2 Å². The zero-order valence-corrected chi connectivity index (χ0v) is 11.0. The third kappa shape index (κ3) is 2.08. The molecule has 0 aliphatic rings. The first-order valence-electron chi connectivity index (χ1n) is 6.25. The van der Waals surface area contributed by atoms with Crippen molar-refractivity contribution >= 4 is 11.0 Å². The molecule has 0 fully saturated rings. The molecule has 0 aliphatic heterocycles. The second-order valence-electron chi connectivity index (χ2n) is 4.62. The van der Waals surface area contributed by atoms with Gasteiger partial charge in [0.1, 0.15) is 17.2 Å². The largest absolute Gasteiger partial charge is 0.457 e. The minimum absolute atomic E-state index is 0.134. The van der Waals surface area contributed by atoms with Crippen LogP contribution in [-0.4, -0.2) is 11.3 Å². The van der Waals surface area contributed by atoms with E-state index in [4.69, 9.17) is 4.42 Å². The van der Waals surface area contributed by atoms with Crippen LogP contribution in [0.1, 0.15) is 31.6 Å². The third-order valence-corrected chi connectivity index (χ3v) is 3.46. The van der Waals surface area contributed by atoms with E-state index in [9.17, 15) is 22.7 Å². The smallest absolute Gasteiger partial charge is 0.424 e. The van der Waals surface area contributed by atoms with Crippen LogP contribution in [0.2, 0.25) is 0 Å². The summed E-state index contributed by atoms with van der Waals surface area (Å²) in [6.07, 6.45) is -5.24. The van der Waals surface area contributed by atoms with E-state index < -0.39 is 29.8 Å². The molecule has 1 aromatic heterocycles. The molecule has 1 unspecified atom stereocenters. The molecule has 2 nitrogen and oxygen atoms in total. The Balaban J connectivity index is 2.77. The first-order chi connectivity index (χ1) is 9.24. The van der Waals surface area contributed by atoms with Gasteiger partial charge < -0.3 is 9.52 Å². The van der Waals surface area contributed by atoms with Crippen molar-refractivity contribution in [1.82, 2.24) is 0 Å². The van der Waals surface area contributed by atoms with E-state index in [1.54, 1.807) is 6.92 Å². The van der Waals surface area contributed by atoms with Crippen molar-refractivity contribution in [3.63, 3.8) is 0 Å². The Morgan fingerprint density at radius 3 is 2.35 bits per heavy atom. The summed E-state index contributed by atoms with van der Waals surface area (Å²) in [5.41, 5.74) is -2.75. The summed E-state index contributed by atoms with van der Waals surface area (Å²) in [5.74, 6) is -1.11. The molecule has 0 spiro atoms. The maximum atomic E-state index is 13.2. The van der Waals surface area contributed by atoms with Gasteiger partial charge in [-0.3, -0.25) is 0 Å². The van der Waals surface area contributed by atoms with Crippen molar-refractivity contribution in [2.24, 2.45) is 0 Å². The van der Waals surface area contributed by atoms with E-state index in [2.05, 4.69) is 0 Å². The van der Waals surface area contributed by atoms with Crippen molar-refractivity contribution in [2.75, 3.05) is 0 Å². The summed E-state index contributed by atoms with van der Waals surface area (Å²) in [6.45, 7) is 2.85. The van der Waals surface area contributed by atoms with Crippen LogP contribution in [0.15, 0.2) is 22.6 Å². The fraction of sp³-hybridized carbons (Fsp3) is 0.429. The molecule has 0 amide bonds. The molecule has 0 aliphatic carbocycles. The highest BCUT2D eigenvalue weighted by molar-refractivity contribution is 5.82. The number of aryl methyl sites for hydroxylation is 1. The van der Waals surface area contributed by atoms with Crippen molar-refractivity contribution in [3.05, 3.63) is 35.3 Å². The lowest BCUT2D eigenvalue weighted by atomic mass is 9.92. The first-order valence-corrected chi connectivity index (χ1v) is 6.25. The average Bonchev–Trinajstić information content (AvgIpc) is 2.74. The number of halogens is 4. The van der Waals surface area contributed by atoms with Crippen molar-refractivity contribution < 1.29 is 27.1 Å². The number of fused-ring (bicyclic) bond motifs is 1. The lowest BCUT2D eigenvalue weighted by molar-refractivity contribution is -0.273. The number of benzene rings is 1. The van der Waals surface area contributed by atoms with Gasteiger partial charge in [0.2, 0.25) is 5.60 Å². The van der Waals surface area contributed by atoms with Gasteiger partial charge in [-0.05, 0) is 31.0 Å². The van der Waals surface area contributed by atoms with E-state index >= 15 is 0 Å². The molecule has 0 saturated carbocycles. The predicted octanol–water partition coefficient (Wildman–Crippen LogP) is 4.29. The van der Waals surface area contributed by atoms with Crippen molar-refractivity contribution in [2.45, 2.75) is 38.5 Å². The molecule has 0 radical (unpaired) electrons. The highest BCUT2D eigenvalue weighted by Crippen LogP contribution is 2.45. The topological polar surface area (TPSA) is 33.4 Å². The van der Waals surface area contributed by atoms with E-state index in [-0.39, 0.29) is 23.0 Å². The number of aliphatic hydroxyl groups is 1. The van der Waals surface area contributed by atoms with Crippen LogP contribution in [0, 0.1) is 5.82 Å². The fourth-order valence-corrected chi connectivity index (χ4v) is 2.30. The maximum absolute atomic E-state index is 13.2. The van der Waals surface area contributed by atoms with E-state index in [1.165, 1.54) is 13.0 Å². The Kier molecular flexibility index (Phi) is 3.54. The number of furan rings is 1. The SMILES string of the molecule is CCc1c(C(O)(CC)C(F)(F)F)oc2ccc(F)cc12. The van der Waals surface area contributed by atoms with Crippen LogP contribution < -0.4 is 0 Å². The summed E-state index contributed by atoms with van der Waals surface area (Å²) in [7, 11) is 0. The summed E-state index contributed by atoms with van der Waals surface area (Å²) >= 11 is 0. The lowest BCUT2D eigenvalue weighted by Gasteiger charge is -2.28. The van der Waals surface area contributed by atoms with Gasteiger partial charge >= 0.3 is 6.18 Å². The Morgan fingerprint density at radius 2 is 1.85 bits per heavy atom. The quantitative estimate of drug-likeness (QED) is 0.855. The van der Waals surface area contributed by atoms with E-state index in [0.717, 1.165) is 12.1 Å². The van der Waals surface area contributed by atoms with Gasteiger partial charge in [-0.15, -0.1) is 0 Å². The summed E-state index contributed by atoms with van der Waals surface area (Å²) < 4.78 is 57.8. The highest BCUT2D eigenvalue weighted by atomic mass is 19.4. The van der Waals surface area contributed by atoms with E-state index in [1.807, 2.05) is 0 Å². The number of alkyl halides is 3. The number of rotatable bonds is 3. The lowest BCUT2D eigenvalue weighted by Crippen LogP contribution is -2.42. The molecule has 110 valence electrons. The standard InChI is InChI=1S/C14H14F4O2/c1-3-9-10-7-8(15)5-6-11(10)20-12(9)13(19,4-2)14(16,17)18/h5-7,19H,3-4H2,1-2H3. The number of hydrogen-bond donors (Lipinski definition) is 1. The van der Waals surface area contributed by atoms with E-state index in [0.29, 0.717) is 0 Å². The Labute approximate surface area is 113 Å². The normalized spacial score (nSPS) is 15.6. The van der Waals surface area contributed by atoms with Crippen LogP contribution in [0.4, 0.5) is 17.6 Å². The Hall–Kier alpha value is -1.56. The fourth-order valence-electron chi connectivity index (χ4n) is 2.30. The monoisotopic (exact) mass is 290 g/mol. The molecule has 1 atom stereocenters. The molecular weight excluding hydrogens is 276 g/mol. The molecule has 20 heavy (non-hydrogen) atoms. The molecule has 2 rings (SSSR count). The molecular formula is C14H14F4O2. The van der Waals surface area contributed by atoms with Crippen LogP contribution in [0.5, 0.6) is 0 Å². The minimum atomic E-state index is -4.86. The van der Waals surface area contributed by atoms with Gasteiger partial charge in [0.15, 0.2) is 0 Å². The van der Waals surface area contributed by atoms with Crippen LogP contribution in [-0.2, 0) is 12.0 Å². The Bertz CT molecular complexity index is 630. The summed E-state index contributed by atoms with van der Waals surface area (Å²) in [6, 6.07) is 3.49. The van der Waals surface area contributed by atoms with Gasteiger partial charge in [0.05, 0.1) is 0 Å². The van der Waals surface area contributed by atoms with Crippen molar-refractivity contribution in [1.29, 1.82) is 0 Å². The summed E-state index contributed by atoms with van der Waals surface area (Å²) in [5, 5.41) is 10.3. The molecule has 2 aromatic rings. The molecule has 1 heterocycles. The third-order valence-electron chi connectivity index (χ3n) is 3.46. The van der Waals surface area contributed by atoms with Crippen LogP contribution >= 0.6 is 0 Å². The average molecular weight is 290 g/mol. The maximum Gasteiger partial charge on any atom is 0.424 e. The minimum Gasteiger partial charge on any atom is -0.457 e. The highest BCUT2D eigenvalue weighted by Gasteiger charge is 2.57. The molecule has 1 N–H and O–H groups in total. The van der Waals surface area contributed by atoms with Gasteiger partial charge in [-0.25, -0.2) is 4.39 Å². The molecule has 6 heteroatoms. The predicted molar refractivity (Wildman–Crippen MR) is 65.8 cm³/mol. The molecule has 0 saturated heterocycles. The number of hydrogen-bond acceptors (Lipinski definition) is 2. The zero-order chi connectivity index (χ0) is 15.1.